The Morgan fingerprint density at radius 3 is 1.43 bits per heavy atom. The highest BCUT2D eigenvalue weighted by Gasteiger charge is 2.22. The van der Waals surface area contributed by atoms with Crippen molar-refractivity contribution in [2.45, 2.75) is 0 Å². The fraction of sp³-hybridized carbons (Fsp3) is 0. The molecule has 416 valence electrons. The smallest absolute Gasteiger partial charge is 0.238 e. The maximum atomic E-state index is 6.56. The number of para-hydroxylation sites is 4. The van der Waals surface area contributed by atoms with Crippen LogP contribution in [0.5, 0.6) is 0 Å². The molecule has 17 rings (SSSR count). The molecule has 0 aliphatic carbocycles. The molecule has 4 aromatic heterocycles. The van der Waals surface area contributed by atoms with E-state index in [0.29, 0.717) is 29.2 Å². The summed E-state index contributed by atoms with van der Waals surface area (Å²) in [6, 6.07) is 102. The summed E-state index contributed by atoms with van der Waals surface area (Å²) in [4.78, 5) is 30.1. The minimum absolute atomic E-state index is 0.148. The first-order valence-corrected chi connectivity index (χ1v) is 30.0. The second kappa shape index (κ2) is 21.4. The molecule has 8 nitrogen and oxygen atoms in total. The van der Waals surface area contributed by atoms with Crippen LogP contribution < -0.4 is 0 Å². The fourth-order valence-electron chi connectivity index (χ4n) is 12.6. The summed E-state index contributed by atoms with van der Waals surface area (Å²) in [6.07, 6.45) is 0. The number of hydrogen-bond acceptors (Lipinski definition) is 7. The molecule has 0 aliphatic rings. The predicted octanol–water partition coefficient (Wildman–Crippen LogP) is 21.0. The van der Waals surface area contributed by atoms with Crippen molar-refractivity contribution in [1.82, 2.24) is 34.5 Å². The van der Waals surface area contributed by atoms with E-state index in [0.717, 1.165) is 143 Å². The van der Waals surface area contributed by atoms with Gasteiger partial charge >= 0.3 is 0 Å². The van der Waals surface area contributed by atoms with Gasteiger partial charge in [-0.05, 0) is 120 Å². The van der Waals surface area contributed by atoms with Gasteiger partial charge in [-0.1, -0.05) is 249 Å². The van der Waals surface area contributed by atoms with Crippen LogP contribution in [-0.2, 0) is 0 Å². The molecular weight excluding hydrogens is 1110 g/mol. The van der Waals surface area contributed by atoms with Crippen LogP contribution in [0.4, 0.5) is 0 Å². The van der Waals surface area contributed by atoms with E-state index in [1.54, 1.807) is 0 Å². The minimum atomic E-state index is 0.148. The van der Waals surface area contributed by atoms with E-state index in [1.165, 1.54) is 0 Å². The lowest BCUT2D eigenvalue weighted by atomic mass is 9.96. The Morgan fingerprint density at radius 1 is 0.270 bits per heavy atom. The average Bonchev–Trinajstić information content (AvgIpc) is 1.94. The first kappa shape index (κ1) is 51.7. The van der Waals surface area contributed by atoms with Gasteiger partial charge in [0, 0.05) is 54.9 Å². The van der Waals surface area contributed by atoms with Crippen molar-refractivity contribution in [2.24, 2.45) is 0 Å². The van der Waals surface area contributed by atoms with Crippen molar-refractivity contribution in [1.29, 1.82) is 0 Å². The molecule has 89 heavy (non-hydrogen) atoms. The van der Waals surface area contributed by atoms with Crippen molar-refractivity contribution in [3.63, 3.8) is 0 Å². The first-order chi connectivity index (χ1) is 44.0. The molecule has 17 aromatic rings. The molecule has 0 aliphatic heterocycles. The van der Waals surface area contributed by atoms with Gasteiger partial charge in [-0.25, -0.2) is 9.97 Å². The second-order valence-electron chi connectivity index (χ2n) is 22.4. The lowest BCUT2D eigenvalue weighted by molar-refractivity contribution is 0.670. The second-order valence-corrected chi connectivity index (χ2v) is 22.7. The van der Waals surface area contributed by atoms with Crippen molar-refractivity contribution >= 4 is 76.9 Å². The maximum absolute atomic E-state index is 6.56. The minimum Gasteiger partial charge on any atom is -0.455 e. The van der Waals surface area contributed by atoms with E-state index in [2.05, 4.69) is 257 Å². The maximum Gasteiger partial charge on any atom is 0.238 e. The monoisotopic (exact) mass is 1160 g/mol. The molecule has 0 spiro atoms. The van der Waals surface area contributed by atoms with Crippen LogP contribution in [0.3, 0.4) is 0 Å². The Labute approximate surface area is 516 Å². The van der Waals surface area contributed by atoms with Crippen molar-refractivity contribution in [3.05, 3.63) is 296 Å². The fourth-order valence-corrected chi connectivity index (χ4v) is 12.8. The van der Waals surface area contributed by atoms with E-state index in [1.807, 2.05) is 48.5 Å². The summed E-state index contributed by atoms with van der Waals surface area (Å²) < 4.78 is 8.78. The number of furan rings is 1. The Hall–Kier alpha value is -11.7. The van der Waals surface area contributed by atoms with E-state index < -0.39 is 0 Å². The van der Waals surface area contributed by atoms with Crippen molar-refractivity contribution in [2.75, 3.05) is 0 Å². The van der Waals surface area contributed by atoms with Gasteiger partial charge in [0.25, 0.3) is 0 Å². The zero-order valence-corrected chi connectivity index (χ0v) is 48.4. The molecular formula is C80H48ClN7O. The molecule has 0 saturated carbocycles. The van der Waals surface area contributed by atoms with E-state index in [9.17, 15) is 0 Å². The van der Waals surface area contributed by atoms with Gasteiger partial charge in [0.15, 0.2) is 23.3 Å². The molecule has 0 atom stereocenters. The lowest BCUT2D eigenvalue weighted by Crippen LogP contribution is -2.07. The Balaban J connectivity index is 0.735. The van der Waals surface area contributed by atoms with Gasteiger partial charge in [0.2, 0.25) is 11.2 Å². The quantitative estimate of drug-likeness (QED) is 0.135. The Bertz CT molecular complexity index is 5640. The third-order valence-electron chi connectivity index (χ3n) is 17.0. The van der Waals surface area contributed by atoms with Gasteiger partial charge in [0.05, 0.1) is 11.0 Å². The summed E-state index contributed by atoms with van der Waals surface area (Å²) in [6.45, 7) is 0. The first-order valence-electron chi connectivity index (χ1n) is 29.6. The molecule has 0 bridgehead atoms. The predicted molar refractivity (Wildman–Crippen MR) is 364 cm³/mol. The van der Waals surface area contributed by atoms with Gasteiger partial charge in [-0.2, -0.15) is 19.9 Å². The van der Waals surface area contributed by atoms with Crippen LogP contribution in [0.25, 0.3) is 172 Å². The highest BCUT2D eigenvalue weighted by molar-refractivity contribution is 6.28. The standard InChI is InChI=1S/C80H48ClN7O/c81-79-84-75(82-77(85-79)63-42-34-50-16-4-5-17-55(50)46-63)53-37-32-52(33-38-53)56-18-10-19-57(44-56)58-39-40-60-47-64(43-41-59(60)45-58)78-83-76(54-35-30-51(31-36-54)49-14-2-1-3-15-49)86-80(87-78)88-71-28-8-6-22-67(71)69-26-12-24-65(73(69)88)61-20-11-21-62(48-61)66-25-13-27-70-68-23-7-9-29-72(68)89-74(66)70/h1-48H. The number of nitrogens with zero attached hydrogens (tertiary/aromatic N) is 7. The average molecular weight is 1160 g/mol. The number of hydrogen-bond donors (Lipinski definition) is 0. The van der Waals surface area contributed by atoms with Crippen LogP contribution in [0.15, 0.2) is 296 Å². The van der Waals surface area contributed by atoms with Gasteiger partial charge < -0.3 is 4.42 Å². The van der Waals surface area contributed by atoms with Gasteiger partial charge in [0.1, 0.15) is 11.2 Å². The summed E-state index contributed by atoms with van der Waals surface area (Å²) in [5.41, 5.74) is 18.0. The largest absolute Gasteiger partial charge is 0.455 e. The molecule has 0 fully saturated rings. The van der Waals surface area contributed by atoms with E-state index in [-0.39, 0.29) is 5.28 Å². The normalized spacial score (nSPS) is 11.7. The topological polar surface area (TPSA) is 95.4 Å². The zero-order chi connectivity index (χ0) is 58.9. The molecule has 0 amide bonds. The van der Waals surface area contributed by atoms with Crippen LogP contribution in [0.1, 0.15) is 0 Å². The van der Waals surface area contributed by atoms with Crippen molar-refractivity contribution < 1.29 is 4.42 Å². The number of fused-ring (bicyclic) bond motifs is 8. The lowest BCUT2D eigenvalue weighted by Gasteiger charge is -2.14. The highest BCUT2D eigenvalue weighted by Crippen LogP contribution is 2.42. The number of halogens is 1. The van der Waals surface area contributed by atoms with Crippen molar-refractivity contribution in [3.8, 4) is 107 Å². The van der Waals surface area contributed by atoms with Crippen LogP contribution >= 0.6 is 11.6 Å². The number of aromatic nitrogens is 7. The summed E-state index contributed by atoms with van der Waals surface area (Å²) in [7, 11) is 0. The molecule has 0 N–H and O–H groups in total. The number of benzene rings is 13. The Morgan fingerprint density at radius 2 is 0.697 bits per heavy atom. The van der Waals surface area contributed by atoms with Gasteiger partial charge in [-0.15, -0.1) is 0 Å². The summed E-state index contributed by atoms with van der Waals surface area (Å²) in [5.74, 6) is 2.70. The summed E-state index contributed by atoms with van der Waals surface area (Å²) in [5, 5.41) is 8.95. The molecule has 4 heterocycles. The van der Waals surface area contributed by atoms with Crippen LogP contribution in [0, 0.1) is 0 Å². The van der Waals surface area contributed by atoms with Gasteiger partial charge in [-0.3, -0.25) is 4.57 Å². The third-order valence-corrected chi connectivity index (χ3v) is 17.2. The molecule has 9 heteroatoms. The summed E-state index contributed by atoms with van der Waals surface area (Å²) >= 11 is 6.53. The molecule has 0 radical (unpaired) electrons. The zero-order valence-electron chi connectivity index (χ0n) is 47.6. The highest BCUT2D eigenvalue weighted by atomic mass is 35.5. The molecule has 0 saturated heterocycles. The Kier molecular flexibility index (Phi) is 12.4. The van der Waals surface area contributed by atoms with Crippen LogP contribution in [0.2, 0.25) is 5.28 Å². The molecule has 13 aromatic carbocycles. The number of rotatable bonds is 10. The third kappa shape index (κ3) is 9.34. The molecule has 0 unspecified atom stereocenters. The van der Waals surface area contributed by atoms with E-state index >= 15 is 0 Å². The van der Waals surface area contributed by atoms with E-state index in [4.69, 9.17) is 36.0 Å². The SMILES string of the molecule is Clc1nc(-c2ccc(-c3cccc(-c4ccc5cc(-c6nc(-c7ccc(-c8ccccc8)cc7)nc(-n7c8ccccc8c8cccc(-c9cccc(-c%10cccc%11c%10oc%10ccccc%10%11)c9)c87)n6)ccc5c4)c3)cc2)nc(-c2ccc3ccccc3c2)n1. The van der Waals surface area contributed by atoms with Crippen LogP contribution in [-0.4, -0.2) is 34.5 Å².